The van der Waals surface area contributed by atoms with E-state index >= 15 is 0 Å². The zero-order valence-electron chi connectivity index (χ0n) is 15.7. The number of pyridine rings is 1. The summed E-state index contributed by atoms with van der Waals surface area (Å²) in [7, 11) is 1.34. The molecule has 1 amide bonds. The average Bonchev–Trinajstić information content (AvgIpc) is 3.15. The Balaban J connectivity index is 1.34. The molecule has 0 unspecified atom stereocenters. The highest BCUT2D eigenvalue weighted by molar-refractivity contribution is 5.96. The molecule has 0 spiro atoms. The Morgan fingerprint density at radius 1 is 1.00 bits per heavy atom. The Labute approximate surface area is 163 Å². The van der Waals surface area contributed by atoms with Crippen LogP contribution in [0.4, 0.5) is 0 Å². The number of piperazine rings is 1. The van der Waals surface area contributed by atoms with Crippen molar-refractivity contribution in [1.82, 2.24) is 19.2 Å². The topological polar surface area (TPSA) is 67.2 Å². The highest BCUT2D eigenvalue weighted by Gasteiger charge is 2.23. The van der Waals surface area contributed by atoms with E-state index in [1.165, 1.54) is 7.11 Å². The molecule has 7 nitrogen and oxygen atoms in total. The van der Waals surface area contributed by atoms with Gasteiger partial charge in [-0.25, -0.2) is 9.78 Å². The molecule has 28 heavy (non-hydrogen) atoms. The van der Waals surface area contributed by atoms with Crippen LogP contribution in [0.15, 0.2) is 54.9 Å². The van der Waals surface area contributed by atoms with E-state index in [9.17, 15) is 9.59 Å². The quantitative estimate of drug-likeness (QED) is 0.651. The smallest absolute Gasteiger partial charge is 0.337 e. The van der Waals surface area contributed by atoms with E-state index in [0.29, 0.717) is 24.2 Å². The van der Waals surface area contributed by atoms with Crippen LogP contribution in [0.5, 0.6) is 0 Å². The number of nitrogens with zero attached hydrogens (tertiary/aromatic N) is 4. The van der Waals surface area contributed by atoms with Crippen molar-refractivity contribution in [1.29, 1.82) is 0 Å². The second kappa shape index (κ2) is 7.82. The molecule has 0 bridgehead atoms. The monoisotopic (exact) mass is 378 g/mol. The number of aromatic nitrogens is 2. The molecule has 144 valence electrons. The lowest BCUT2D eigenvalue weighted by molar-refractivity contribution is 0.0596. The lowest BCUT2D eigenvalue weighted by atomic mass is 10.1. The SMILES string of the molecule is COC(=O)c1ccc(C(=O)N2CCN(Cc3cn4ccccc4n3)CC2)cc1. The molecule has 7 heteroatoms. The van der Waals surface area contributed by atoms with Gasteiger partial charge in [0, 0.05) is 50.7 Å². The Kier molecular flexibility index (Phi) is 5.08. The third-order valence-corrected chi connectivity index (χ3v) is 5.01. The van der Waals surface area contributed by atoms with E-state index in [0.717, 1.165) is 31.0 Å². The Hall–Kier alpha value is -3.19. The summed E-state index contributed by atoms with van der Waals surface area (Å²) in [4.78, 5) is 33.0. The van der Waals surface area contributed by atoms with Gasteiger partial charge in [0.2, 0.25) is 0 Å². The number of amides is 1. The summed E-state index contributed by atoms with van der Waals surface area (Å²) in [6.45, 7) is 3.73. The minimum Gasteiger partial charge on any atom is -0.465 e. The van der Waals surface area contributed by atoms with Gasteiger partial charge >= 0.3 is 5.97 Å². The van der Waals surface area contributed by atoms with Crippen LogP contribution in [0.2, 0.25) is 0 Å². The van der Waals surface area contributed by atoms with Gasteiger partial charge in [0.1, 0.15) is 5.65 Å². The number of carbonyl (C=O) groups excluding carboxylic acids is 2. The molecule has 3 aromatic rings. The molecule has 2 aromatic heterocycles. The lowest BCUT2D eigenvalue weighted by Gasteiger charge is -2.34. The van der Waals surface area contributed by atoms with Gasteiger partial charge in [-0.3, -0.25) is 9.69 Å². The van der Waals surface area contributed by atoms with Gasteiger partial charge in [-0.1, -0.05) is 6.07 Å². The average molecular weight is 378 g/mol. The van der Waals surface area contributed by atoms with Gasteiger partial charge in [0.05, 0.1) is 18.4 Å². The molecule has 0 atom stereocenters. The second-order valence-corrected chi connectivity index (χ2v) is 6.84. The minimum absolute atomic E-state index is 0.0104. The first-order chi connectivity index (χ1) is 13.6. The number of esters is 1. The number of ether oxygens (including phenoxy) is 1. The van der Waals surface area contributed by atoms with Crippen LogP contribution in [-0.2, 0) is 11.3 Å². The number of benzene rings is 1. The Morgan fingerprint density at radius 3 is 2.39 bits per heavy atom. The van der Waals surface area contributed by atoms with Crippen molar-refractivity contribution in [3.8, 4) is 0 Å². The van der Waals surface area contributed by atoms with E-state index < -0.39 is 5.97 Å². The first-order valence-electron chi connectivity index (χ1n) is 9.26. The van der Waals surface area contributed by atoms with Crippen LogP contribution in [-0.4, -0.2) is 64.3 Å². The maximum absolute atomic E-state index is 12.7. The predicted molar refractivity (Wildman–Crippen MR) is 104 cm³/mol. The molecule has 0 aliphatic carbocycles. The number of hydrogen-bond acceptors (Lipinski definition) is 5. The lowest BCUT2D eigenvalue weighted by Crippen LogP contribution is -2.48. The van der Waals surface area contributed by atoms with Crippen molar-refractivity contribution in [3.05, 3.63) is 71.7 Å². The molecule has 1 aliphatic rings. The molecule has 0 N–H and O–H groups in total. The van der Waals surface area contributed by atoms with Crippen LogP contribution in [0.1, 0.15) is 26.4 Å². The normalized spacial score (nSPS) is 15.0. The van der Waals surface area contributed by atoms with E-state index in [4.69, 9.17) is 0 Å². The number of fused-ring (bicyclic) bond motifs is 1. The summed E-state index contributed by atoms with van der Waals surface area (Å²) in [5.74, 6) is -0.414. The maximum atomic E-state index is 12.7. The summed E-state index contributed by atoms with van der Waals surface area (Å²) in [5.41, 5.74) is 3.00. The molecule has 1 aromatic carbocycles. The molecular formula is C21H22N4O3. The fraction of sp³-hybridized carbons (Fsp3) is 0.286. The van der Waals surface area contributed by atoms with Crippen molar-refractivity contribution in [3.63, 3.8) is 0 Å². The standard InChI is InChI=1S/C21H22N4O3/c1-28-21(27)17-7-5-16(6-8-17)20(26)24-12-10-23(11-13-24)14-18-15-25-9-3-2-4-19(25)22-18/h2-9,15H,10-14H2,1H3. The van der Waals surface area contributed by atoms with Crippen molar-refractivity contribution >= 4 is 17.5 Å². The number of carbonyl (C=O) groups is 2. The highest BCUT2D eigenvalue weighted by Crippen LogP contribution is 2.13. The first-order valence-corrected chi connectivity index (χ1v) is 9.26. The van der Waals surface area contributed by atoms with Crippen molar-refractivity contribution in [2.45, 2.75) is 6.54 Å². The van der Waals surface area contributed by atoms with Gasteiger partial charge in [0.15, 0.2) is 0 Å². The largest absolute Gasteiger partial charge is 0.465 e. The third kappa shape index (κ3) is 3.75. The number of methoxy groups -OCH3 is 1. The molecule has 0 saturated carbocycles. The van der Waals surface area contributed by atoms with E-state index in [2.05, 4.69) is 20.8 Å². The minimum atomic E-state index is -0.403. The third-order valence-electron chi connectivity index (χ3n) is 5.01. The zero-order valence-corrected chi connectivity index (χ0v) is 15.7. The fourth-order valence-corrected chi connectivity index (χ4v) is 3.45. The van der Waals surface area contributed by atoms with Crippen LogP contribution < -0.4 is 0 Å². The summed E-state index contributed by atoms with van der Waals surface area (Å²) in [6, 6.07) is 12.6. The van der Waals surface area contributed by atoms with Gasteiger partial charge in [0.25, 0.3) is 5.91 Å². The van der Waals surface area contributed by atoms with Gasteiger partial charge in [-0.2, -0.15) is 0 Å². The Morgan fingerprint density at radius 2 is 1.71 bits per heavy atom. The molecular weight excluding hydrogens is 356 g/mol. The van der Waals surface area contributed by atoms with E-state index in [1.54, 1.807) is 24.3 Å². The molecule has 1 aliphatic heterocycles. The fourth-order valence-electron chi connectivity index (χ4n) is 3.45. The Bertz CT molecular complexity index is 955. The second-order valence-electron chi connectivity index (χ2n) is 6.84. The highest BCUT2D eigenvalue weighted by atomic mass is 16.5. The number of rotatable bonds is 4. The van der Waals surface area contributed by atoms with E-state index in [-0.39, 0.29) is 5.91 Å². The molecule has 4 rings (SSSR count). The molecule has 1 saturated heterocycles. The molecule has 3 heterocycles. The van der Waals surface area contributed by atoms with Gasteiger partial charge in [-0.15, -0.1) is 0 Å². The molecule has 1 fully saturated rings. The van der Waals surface area contributed by atoms with Crippen LogP contribution in [0.25, 0.3) is 5.65 Å². The zero-order chi connectivity index (χ0) is 19.5. The number of imidazole rings is 1. The predicted octanol–water partition coefficient (Wildman–Crippen LogP) is 2.08. The van der Waals surface area contributed by atoms with Crippen molar-refractivity contribution in [2.75, 3.05) is 33.3 Å². The first kappa shape index (κ1) is 18.2. The van der Waals surface area contributed by atoms with Crippen molar-refractivity contribution in [2.24, 2.45) is 0 Å². The number of hydrogen-bond donors (Lipinski definition) is 0. The summed E-state index contributed by atoms with van der Waals surface area (Å²) in [6.07, 6.45) is 4.05. The maximum Gasteiger partial charge on any atom is 0.337 e. The van der Waals surface area contributed by atoms with Gasteiger partial charge in [-0.05, 0) is 36.4 Å². The van der Waals surface area contributed by atoms with Crippen LogP contribution in [0, 0.1) is 0 Å². The summed E-state index contributed by atoms with van der Waals surface area (Å²) < 4.78 is 6.71. The summed E-state index contributed by atoms with van der Waals surface area (Å²) in [5, 5.41) is 0. The van der Waals surface area contributed by atoms with E-state index in [1.807, 2.05) is 33.7 Å². The van der Waals surface area contributed by atoms with Crippen LogP contribution in [0.3, 0.4) is 0 Å². The molecule has 0 radical (unpaired) electrons. The van der Waals surface area contributed by atoms with Crippen LogP contribution >= 0.6 is 0 Å². The summed E-state index contributed by atoms with van der Waals surface area (Å²) >= 11 is 0. The van der Waals surface area contributed by atoms with Crippen molar-refractivity contribution < 1.29 is 14.3 Å². The van der Waals surface area contributed by atoms with Gasteiger partial charge < -0.3 is 14.0 Å².